The molecule has 6 heteroatoms. The number of rotatable bonds is 5. The molecule has 0 aromatic heterocycles. The molecular formula is C15H19N3O3. The maximum atomic E-state index is 11.9. The topological polar surface area (TPSA) is 91.2 Å². The Bertz CT molecular complexity index is 523. The lowest BCUT2D eigenvalue weighted by atomic mass is 10.1. The van der Waals surface area contributed by atoms with Crippen LogP contribution in [0.15, 0.2) is 30.3 Å². The molecule has 0 radical (unpaired) electrons. The second-order valence-corrected chi connectivity index (χ2v) is 4.89. The Kier molecular flexibility index (Phi) is 6.21. The molecule has 0 fully saturated rings. The van der Waals surface area contributed by atoms with E-state index in [4.69, 9.17) is 10.00 Å². The minimum atomic E-state index is -0.849. The van der Waals surface area contributed by atoms with Crippen LogP contribution in [0.5, 0.6) is 0 Å². The fourth-order valence-corrected chi connectivity index (χ4v) is 1.60. The van der Waals surface area contributed by atoms with Crippen LogP contribution in [0.3, 0.4) is 0 Å². The maximum absolute atomic E-state index is 11.9. The van der Waals surface area contributed by atoms with Crippen LogP contribution in [-0.2, 0) is 9.53 Å². The number of benzene rings is 1. The monoisotopic (exact) mass is 289 g/mol. The van der Waals surface area contributed by atoms with Gasteiger partial charge in [0.15, 0.2) is 6.10 Å². The summed E-state index contributed by atoms with van der Waals surface area (Å²) in [6.45, 7) is 5.04. The summed E-state index contributed by atoms with van der Waals surface area (Å²) in [5, 5.41) is 13.8. The summed E-state index contributed by atoms with van der Waals surface area (Å²) in [6, 6.07) is 9.38. The summed E-state index contributed by atoms with van der Waals surface area (Å²) < 4.78 is 4.93. The SMILES string of the molecule is CC(C)[C@H](NC(=O)Nc1ccccc1)C(=O)O[C@@H](C)C#N. The Morgan fingerprint density at radius 1 is 1.19 bits per heavy atom. The number of carbonyl (C=O) groups is 2. The highest BCUT2D eigenvalue weighted by Gasteiger charge is 2.27. The average molecular weight is 289 g/mol. The Hall–Kier alpha value is -2.55. The molecule has 21 heavy (non-hydrogen) atoms. The normalized spacial score (nSPS) is 12.9. The fraction of sp³-hybridized carbons (Fsp3) is 0.400. The molecule has 0 unspecified atom stereocenters. The summed E-state index contributed by atoms with van der Waals surface area (Å²) in [7, 11) is 0. The maximum Gasteiger partial charge on any atom is 0.330 e. The van der Waals surface area contributed by atoms with Crippen molar-refractivity contribution in [2.45, 2.75) is 32.9 Å². The van der Waals surface area contributed by atoms with E-state index in [0.29, 0.717) is 5.69 Å². The number of anilines is 1. The quantitative estimate of drug-likeness (QED) is 0.813. The molecule has 0 saturated heterocycles. The smallest absolute Gasteiger partial charge is 0.330 e. The van der Waals surface area contributed by atoms with Crippen molar-refractivity contribution >= 4 is 17.7 Å². The molecule has 1 aromatic rings. The van der Waals surface area contributed by atoms with E-state index in [-0.39, 0.29) is 5.92 Å². The molecule has 0 heterocycles. The molecule has 1 rings (SSSR count). The first kappa shape index (κ1) is 16.5. The van der Waals surface area contributed by atoms with Crippen LogP contribution >= 0.6 is 0 Å². The molecule has 0 bridgehead atoms. The molecule has 1 aromatic carbocycles. The molecule has 112 valence electrons. The number of urea groups is 1. The molecule has 0 spiro atoms. The Balaban J connectivity index is 2.64. The average Bonchev–Trinajstić information content (AvgIpc) is 2.45. The minimum absolute atomic E-state index is 0.162. The van der Waals surface area contributed by atoms with Crippen molar-refractivity contribution in [1.82, 2.24) is 5.32 Å². The Morgan fingerprint density at radius 3 is 2.33 bits per heavy atom. The number of nitrogens with one attached hydrogen (secondary N) is 2. The molecule has 0 saturated carbocycles. The highest BCUT2D eigenvalue weighted by atomic mass is 16.5. The van der Waals surface area contributed by atoms with Crippen LogP contribution in [0.2, 0.25) is 0 Å². The number of nitrogens with zero attached hydrogens (tertiary/aromatic N) is 1. The van der Waals surface area contributed by atoms with Gasteiger partial charge in [0.2, 0.25) is 0 Å². The van der Waals surface area contributed by atoms with Crippen molar-refractivity contribution < 1.29 is 14.3 Å². The summed E-state index contributed by atoms with van der Waals surface area (Å²) in [5.41, 5.74) is 0.622. The van der Waals surface area contributed by atoms with Gasteiger partial charge in [-0.3, -0.25) is 0 Å². The van der Waals surface area contributed by atoms with Gasteiger partial charge in [0.25, 0.3) is 0 Å². The third-order valence-electron chi connectivity index (χ3n) is 2.71. The van der Waals surface area contributed by atoms with Crippen LogP contribution in [0.25, 0.3) is 0 Å². The first-order chi connectivity index (χ1) is 9.93. The molecule has 2 N–H and O–H groups in total. The third-order valence-corrected chi connectivity index (χ3v) is 2.71. The van der Waals surface area contributed by atoms with Gasteiger partial charge in [0, 0.05) is 5.69 Å². The Morgan fingerprint density at radius 2 is 1.81 bits per heavy atom. The van der Waals surface area contributed by atoms with Gasteiger partial charge in [-0.15, -0.1) is 0 Å². The summed E-state index contributed by atoms with van der Waals surface area (Å²) in [6.07, 6.45) is -0.849. The van der Waals surface area contributed by atoms with E-state index < -0.39 is 24.1 Å². The number of nitriles is 1. The fourth-order valence-electron chi connectivity index (χ4n) is 1.60. The molecular weight excluding hydrogens is 270 g/mol. The van der Waals surface area contributed by atoms with Gasteiger partial charge < -0.3 is 15.4 Å². The van der Waals surface area contributed by atoms with E-state index in [1.807, 2.05) is 12.1 Å². The van der Waals surface area contributed by atoms with E-state index in [2.05, 4.69) is 10.6 Å². The third kappa shape index (κ3) is 5.53. The highest BCUT2D eigenvalue weighted by Crippen LogP contribution is 2.08. The molecule has 6 nitrogen and oxygen atoms in total. The minimum Gasteiger partial charge on any atom is -0.446 e. The lowest BCUT2D eigenvalue weighted by Gasteiger charge is -2.21. The molecule has 2 amide bonds. The van der Waals surface area contributed by atoms with Gasteiger partial charge in [0.1, 0.15) is 12.1 Å². The lowest BCUT2D eigenvalue weighted by Crippen LogP contribution is -2.47. The predicted molar refractivity (Wildman–Crippen MR) is 78.4 cm³/mol. The van der Waals surface area contributed by atoms with E-state index in [0.717, 1.165) is 0 Å². The van der Waals surface area contributed by atoms with Crippen molar-refractivity contribution in [2.75, 3.05) is 5.32 Å². The number of amides is 2. The zero-order chi connectivity index (χ0) is 15.8. The number of para-hydroxylation sites is 1. The van der Waals surface area contributed by atoms with E-state index in [1.165, 1.54) is 6.92 Å². The van der Waals surface area contributed by atoms with Crippen LogP contribution in [-0.4, -0.2) is 24.1 Å². The summed E-state index contributed by atoms with van der Waals surface area (Å²) >= 11 is 0. The van der Waals surface area contributed by atoms with Gasteiger partial charge in [-0.05, 0) is 25.0 Å². The van der Waals surface area contributed by atoms with Crippen molar-refractivity contribution in [2.24, 2.45) is 5.92 Å². The van der Waals surface area contributed by atoms with Crippen molar-refractivity contribution in [3.8, 4) is 6.07 Å². The highest BCUT2D eigenvalue weighted by molar-refractivity contribution is 5.92. The molecule has 2 atom stereocenters. The van der Waals surface area contributed by atoms with Gasteiger partial charge in [0.05, 0.1) is 0 Å². The number of ether oxygens (including phenoxy) is 1. The summed E-state index contributed by atoms with van der Waals surface area (Å²) in [4.78, 5) is 23.8. The van der Waals surface area contributed by atoms with E-state index >= 15 is 0 Å². The van der Waals surface area contributed by atoms with Gasteiger partial charge in [-0.1, -0.05) is 32.0 Å². The van der Waals surface area contributed by atoms with Crippen molar-refractivity contribution in [3.63, 3.8) is 0 Å². The standard InChI is InChI=1S/C15H19N3O3/c1-10(2)13(14(19)21-11(3)9-16)18-15(20)17-12-7-5-4-6-8-12/h4-8,10-11,13H,1-3H3,(H2,17,18,20)/t11-,13-/m0/s1. The van der Waals surface area contributed by atoms with E-state index in [9.17, 15) is 9.59 Å². The van der Waals surface area contributed by atoms with Gasteiger partial charge in [-0.2, -0.15) is 5.26 Å². The van der Waals surface area contributed by atoms with Gasteiger partial charge in [-0.25, -0.2) is 9.59 Å². The number of esters is 1. The summed E-state index contributed by atoms with van der Waals surface area (Å²) in [5.74, 6) is -0.785. The molecule has 0 aliphatic heterocycles. The van der Waals surface area contributed by atoms with Crippen LogP contribution in [0.4, 0.5) is 10.5 Å². The lowest BCUT2D eigenvalue weighted by molar-refractivity contribution is -0.149. The number of hydrogen-bond donors (Lipinski definition) is 2. The van der Waals surface area contributed by atoms with Gasteiger partial charge >= 0.3 is 12.0 Å². The van der Waals surface area contributed by atoms with Crippen LogP contribution in [0.1, 0.15) is 20.8 Å². The van der Waals surface area contributed by atoms with Crippen LogP contribution in [0, 0.1) is 17.2 Å². The number of hydrogen-bond acceptors (Lipinski definition) is 4. The Labute approximate surface area is 124 Å². The zero-order valence-electron chi connectivity index (χ0n) is 12.3. The first-order valence-electron chi connectivity index (χ1n) is 6.66. The van der Waals surface area contributed by atoms with Crippen molar-refractivity contribution in [1.29, 1.82) is 5.26 Å². The largest absolute Gasteiger partial charge is 0.446 e. The molecule has 0 aliphatic rings. The van der Waals surface area contributed by atoms with Crippen molar-refractivity contribution in [3.05, 3.63) is 30.3 Å². The second-order valence-electron chi connectivity index (χ2n) is 4.89. The first-order valence-corrected chi connectivity index (χ1v) is 6.66. The van der Waals surface area contributed by atoms with E-state index in [1.54, 1.807) is 38.1 Å². The molecule has 0 aliphatic carbocycles. The number of carbonyl (C=O) groups excluding carboxylic acids is 2. The van der Waals surface area contributed by atoms with Crippen LogP contribution < -0.4 is 10.6 Å². The second kappa shape index (κ2) is 7.90. The zero-order valence-corrected chi connectivity index (χ0v) is 12.3. The predicted octanol–water partition coefficient (Wildman–Crippen LogP) is 2.29.